The molecule has 1 aliphatic heterocycles. The van der Waals surface area contributed by atoms with E-state index in [-0.39, 0.29) is 91.8 Å². The Hall–Kier alpha value is -7.98. The summed E-state index contributed by atoms with van der Waals surface area (Å²) in [7, 11) is 3.29. The molecule has 24 heteroatoms. The number of carbonyl (C=O) groups excluding carboxylic acids is 3. The maximum atomic E-state index is 12.4. The van der Waals surface area contributed by atoms with Crippen molar-refractivity contribution in [1.29, 1.82) is 0 Å². The van der Waals surface area contributed by atoms with E-state index >= 15 is 0 Å². The van der Waals surface area contributed by atoms with Crippen molar-refractivity contribution in [2.75, 3.05) is 40.0 Å². The van der Waals surface area contributed by atoms with E-state index in [2.05, 4.69) is 74.2 Å². The smallest absolute Gasteiger partial charge is 0.407 e. The summed E-state index contributed by atoms with van der Waals surface area (Å²) in [6.07, 6.45) is 36.0. The van der Waals surface area contributed by atoms with Gasteiger partial charge in [0.2, 0.25) is 0 Å². The van der Waals surface area contributed by atoms with Gasteiger partial charge in [0, 0.05) is 58.5 Å². The minimum atomic E-state index is -0.747. The first-order valence-electron chi connectivity index (χ1n) is 42.5. The number of nitrogens with two attached hydrogens (primary N) is 2. The van der Waals surface area contributed by atoms with Gasteiger partial charge in [0.1, 0.15) is 41.4 Å². The van der Waals surface area contributed by atoms with Crippen LogP contribution in [0, 0.1) is 7.43 Å². The number of nitrogens with one attached hydrogen (secondary N) is 3. The minimum Gasteiger partial charge on any atom is -0.490 e. The summed E-state index contributed by atoms with van der Waals surface area (Å²) in [6.45, 7) is 3.07. The first-order chi connectivity index (χ1) is 56.7. The standard InChI is InChI=1S/C23H27NO4.C22H29NO2.C16H21NO3.2C15H23NO2.C2H5B2O3.CH3.Pd.H2/c1-27-23(26)21(24-22(25)18-8-4-2-5-9-18)16-17-12-14-20(15-13-17)28-19-10-6-3-7-11-19;24-17-20(23-16-19-7-3-1-4-8-19)15-18-11-13-22(14-12-18)25-21-9-5-2-6-10-21;18-16-17-13(11-19-16)10-12-6-8-15(9-7-12)20-14-4-2-1-3-5-14;2*16-13(11-17)10-12-6-8-15(9-7-12)18-14-4-2-1-3-5-14;1-3-7-6-2-4-5;;;/h2,4-5,8-9,12-15,19,21H,3,6-7,10-11,16H2,1H3,(H,24,25);1,3-4,7-8,11-14,20-21,23-24H,2,5-6,9-10,15-17H2;6-9,13-14H,1-5,10-11H2,(H,17,18);2*6-9,13-14,17H,1-5,10-11,16H2;2H2,1H3;1H3;;1H/q;;;;;;-1;;. The van der Waals surface area contributed by atoms with Gasteiger partial charge < -0.3 is 83.3 Å². The molecule has 118 heavy (non-hydrogen) atoms. The topological polar surface area (TPSA) is 300 Å². The Balaban J connectivity index is 0.000000260. The number of alkyl carbamates (subject to hydrolysis) is 1. The molecule has 1 saturated heterocycles. The maximum absolute atomic E-state index is 12.4. The number of esters is 1. The average molecular weight is 1720 g/mol. The number of carbonyl (C=O) groups is 3. The zero-order valence-corrected chi connectivity index (χ0v) is 71.4. The number of benzene rings is 7. The van der Waals surface area contributed by atoms with E-state index in [4.69, 9.17) is 54.8 Å². The quantitative estimate of drug-likeness (QED) is 0.00473. The molecule has 1 heterocycles. The van der Waals surface area contributed by atoms with Crippen molar-refractivity contribution in [3.8, 4) is 28.7 Å². The molecule has 10 N–H and O–H groups in total. The zero-order valence-electron chi connectivity index (χ0n) is 69.8. The second kappa shape index (κ2) is 58.9. The van der Waals surface area contributed by atoms with Crippen LogP contribution in [0.3, 0.4) is 0 Å². The number of aliphatic hydroxyl groups is 3. The minimum absolute atomic E-state index is 0. The van der Waals surface area contributed by atoms with E-state index in [0.717, 1.165) is 77.7 Å². The Morgan fingerprint density at radius 3 is 1.15 bits per heavy atom. The third-order valence-corrected chi connectivity index (χ3v) is 21.3. The van der Waals surface area contributed by atoms with Gasteiger partial charge in [-0.2, -0.15) is 0 Å². The first kappa shape index (κ1) is 98.8. The molecule has 7 aromatic carbocycles. The molecule has 6 aliphatic rings. The molecular formula is C94H133B2N5O16Pd-. The molecule has 0 bridgehead atoms. The monoisotopic (exact) mass is 1720 g/mol. The number of cyclic esters (lactones) is 1. The van der Waals surface area contributed by atoms with Crippen LogP contribution in [0.4, 0.5) is 4.79 Å². The molecule has 2 amide bonds. The Morgan fingerprint density at radius 2 is 0.831 bits per heavy atom. The van der Waals surface area contributed by atoms with Gasteiger partial charge in [-0.25, -0.2) is 9.59 Å². The van der Waals surface area contributed by atoms with Gasteiger partial charge in [0.15, 0.2) is 0 Å². The van der Waals surface area contributed by atoms with Crippen LogP contribution in [0.25, 0.3) is 0 Å². The SMILES string of the molecule is COC(=O)C(Cc1ccc(OC2CCCCC2)cc1)NC(=O)c1ccccc1.C[B]OOCB=O.NC(CO)Cc1ccc(OC2CCCCC2)cc1.NC(CO)Cc1ccc(OC2CCCCC2)cc1.O=C1NC(Cc2ccc(OC3CCCCC3)cc2)CO1.OCC(Cc1ccc(OC2CCCCC2)cc1)NCc1ccccc1.[CH3-].[HH].[Pd]. The number of amides is 2. The Kier molecular flexibility index (Phi) is 49.3. The van der Waals surface area contributed by atoms with Gasteiger partial charge >= 0.3 is 54.4 Å². The van der Waals surface area contributed by atoms with Crippen LogP contribution in [-0.4, -0.2) is 149 Å². The molecule has 5 atom stereocenters. The summed E-state index contributed by atoms with van der Waals surface area (Å²) in [5.41, 5.74) is 18.8. The number of ether oxygens (including phenoxy) is 7. The van der Waals surface area contributed by atoms with Crippen LogP contribution in [0.1, 0.15) is 206 Å². The Bertz CT molecular complexity index is 3700. The molecule has 6 fully saturated rings. The van der Waals surface area contributed by atoms with Crippen LogP contribution in [-0.2, 0) is 87.7 Å². The zero-order chi connectivity index (χ0) is 82.0. The summed E-state index contributed by atoms with van der Waals surface area (Å²) < 4.78 is 49.3. The fraction of sp³-hybridized carbons (Fsp3) is 0.511. The predicted molar refractivity (Wildman–Crippen MR) is 464 cm³/mol. The number of methoxy groups -OCH3 is 1. The largest absolute Gasteiger partial charge is 0.490 e. The number of hydrogen-bond acceptors (Lipinski definition) is 19. The van der Waals surface area contributed by atoms with Crippen molar-refractivity contribution in [3.63, 3.8) is 0 Å². The maximum Gasteiger partial charge on any atom is 0.407 e. The van der Waals surface area contributed by atoms with Crippen LogP contribution < -0.4 is 51.1 Å². The van der Waals surface area contributed by atoms with Gasteiger partial charge in [-0.15, -0.1) is 0 Å². The van der Waals surface area contributed by atoms with Crippen molar-refractivity contribution in [1.82, 2.24) is 16.0 Å². The van der Waals surface area contributed by atoms with Gasteiger partial charge in [0.25, 0.3) is 5.91 Å². The molecule has 7 aromatic rings. The third-order valence-electron chi connectivity index (χ3n) is 21.3. The summed E-state index contributed by atoms with van der Waals surface area (Å²) in [4.78, 5) is 43.9. The summed E-state index contributed by atoms with van der Waals surface area (Å²) in [5.74, 6) is 3.89. The molecule has 647 valence electrons. The molecule has 1 radical (unpaired) electrons. The summed E-state index contributed by atoms with van der Waals surface area (Å²) in [6, 6.07) is 58.6. The van der Waals surface area contributed by atoms with E-state index in [9.17, 15) is 24.2 Å². The van der Waals surface area contributed by atoms with Crippen molar-refractivity contribution >= 4 is 32.6 Å². The molecule has 21 nitrogen and oxygen atoms in total. The van der Waals surface area contributed by atoms with E-state index in [0.29, 0.717) is 69.1 Å². The van der Waals surface area contributed by atoms with Crippen LogP contribution in [0.2, 0.25) is 6.82 Å². The summed E-state index contributed by atoms with van der Waals surface area (Å²) >= 11 is 0. The van der Waals surface area contributed by atoms with E-state index < -0.39 is 12.0 Å². The Labute approximate surface area is 718 Å². The third kappa shape index (κ3) is 39.9. The van der Waals surface area contributed by atoms with Crippen molar-refractivity contribution < 1.29 is 99.1 Å². The molecule has 5 saturated carbocycles. The van der Waals surface area contributed by atoms with Gasteiger partial charge in [-0.1, -0.05) is 141 Å². The van der Waals surface area contributed by atoms with Gasteiger partial charge in [0.05, 0.1) is 63.5 Å². The van der Waals surface area contributed by atoms with Crippen molar-refractivity contribution in [2.24, 2.45) is 11.5 Å². The molecule has 13 rings (SSSR count). The van der Waals surface area contributed by atoms with Gasteiger partial charge in [-0.3, -0.25) is 4.79 Å². The fourth-order valence-electron chi connectivity index (χ4n) is 14.8. The number of aliphatic hydroxyl groups excluding tert-OH is 3. The molecule has 0 aromatic heterocycles. The molecule has 0 spiro atoms. The van der Waals surface area contributed by atoms with E-state index in [1.807, 2.05) is 109 Å². The van der Waals surface area contributed by atoms with Crippen LogP contribution in [0.5, 0.6) is 28.7 Å². The normalized spacial score (nSPS) is 17.2. The fourth-order valence-corrected chi connectivity index (χ4v) is 14.8. The van der Waals surface area contributed by atoms with Crippen molar-refractivity contribution in [3.05, 3.63) is 228 Å². The van der Waals surface area contributed by atoms with Crippen LogP contribution >= 0.6 is 0 Å². The Morgan fingerprint density at radius 1 is 0.483 bits per heavy atom. The number of rotatable bonds is 33. The van der Waals surface area contributed by atoms with E-state index in [1.165, 1.54) is 179 Å². The van der Waals surface area contributed by atoms with Crippen LogP contribution in [0.15, 0.2) is 182 Å². The second-order valence-electron chi connectivity index (χ2n) is 30.9. The van der Waals surface area contributed by atoms with E-state index in [1.54, 1.807) is 31.1 Å². The first-order valence-corrected chi connectivity index (χ1v) is 42.5. The molecule has 5 unspecified atom stereocenters. The number of hydrogen-bond donors (Lipinski definition) is 8. The predicted octanol–water partition coefficient (Wildman–Crippen LogP) is 15.9. The van der Waals surface area contributed by atoms with Crippen molar-refractivity contribution in [2.45, 2.75) is 267 Å². The summed E-state index contributed by atoms with van der Waals surface area (Å²) in [5, 5.41) is 36.5. The van der Waals surface area contributed by atoms with Gasteiger partial charge in [-0.05, 0) is 260 Å². The molecular weight excluding hydrogens is 1580 g/mol. The second-order valence-corrected chi connectivity index (χ2v) is 30.9. The average Bonchev–Trinajstić information content (AvgIpc) is 1.72. The molecule has 5 aliphatic carbocycles.